The average molecular weight is 423 g/mol. The summed E-state index contributed by atoms with van der Waals surface area (Å²) >= 11 is 11.6. The zero-order valence-electron chi connectivity index (χ0n) is 13.4. The molecule has 1 amide bonds. The number of aliphatic hydroxyl groups excluding tert-OH is 1. The van der Waals surface area contributed by atoms with Gasteiger partial charge in [0.25, 0.3) is 5.91 Å². The van der Waals surface area contributed by atoms with Crippen LogP contribution in [0.15, 0.2) is 30.5 Å². The molecule has 0 radical (unpaired) electrons. The first-order valence-electron chi connectivity index (χ1n) is 7.74. The Kier molecular flexibility index (Phi) is 5.09. The maximum Gasteiger partial charge on any atom is 0.416 e. The van der Waals surface area contributed by atoms with E-state index in [-0.39, 0.29) is 29.8 Å². The van der Waals surface area contributed by atoms with Crippen molar-refractivity contribution in [2.24, 2.45) is 0 Å². The first-order valence-corrected chi connectivity index (χ1v) is 8.49. The molecule has 0 unspecified atom stereocenters. The lowest BCUT2D eigenvalue weighted by atomic mass is 9.81. The van der Waals surface area contributed by atoms with Crippen LogP contribution in [0.3, 0.4) is 0 Å². The van der Waals surface area contributed by atoms with Crippen molar-refractivity contribution in [2.45, 2.75) is 30.8 Å². The number of rotatable bonds is 2. The SMILES string of the molecule is O=C(Nc1c(Cl)cc(C(F)(F)F)cc1Cl)[C@@]1(F)CC[C@H](O)c2ncccc21. The number of hydrogen-bond acceptors (Lipinski definition) is 3. The van der Waals surface area contributed by atoms with Gasteiger partial charge in [-0.2, -0.15) is 13.2 Å². The first kappa shape index (κ1) is 19.9. The Hall–Kier alpha value is -1.90. The van der Waals surface area contributed by atoms with E-state index >= 15 is 4.39 Å². The molecule has 2 atom stereocenters. The highest BCUT2D eigenvalue weighted by Crippen LogP contribution is 2.44. The van der Waals surface area contributed by atoms with Crippen LogP contribution in [-0.4, -0.2) is 16.0 Å². The maximum atomic E-state index is 15.5. The number of pyridine rings is 1. The van der Waals surface area contributed by atoms with E-state index in [1.165, 1.54) is 18.3 Å². The molecule has 10 heteroatoms. The van der Waals surface area contributed by atoms with E-state index < -0.39 is 39.5 Å². The summed E-state index contributed by atoms with van der Waals surface area (Å²) in [5.41, 5.74) is -4.05. The molecule has 1 aliphatic rings. The molecule has 2 N–H and O–H groups in total. The van der Waals surface area contributed by atoms with Crippen molar-refractivity contribution >= 4 is 34.8 Å². The van der Waals surface area contributed by atoms with Crippen molar-refractivity contribution in [3.63, 3.8) is 0 Å². The summed E-state index contributed by atoms with van der Waals surface area (Å²) in [6, 6.07) is 3.92. The predicted octanol–water partition coefficient (Wildman–Crippen LogP) is 5.04. The van der Waals surface area contributed by atoms with Gasteiger partial charge in [-0.05, 0) is 31.0 Å². The first-order chi connectivity index (χ1) is 12.5. The molecule has 0 aliphatic heterocycles. The van der Waals surface area contributed by atoms with E-state index in [1.54, 1.807) is 0 Å². The number of fused-ring (bicyclic) bond motifs is 1. The van der Waals surface area contributed by atoms with Crippen LogP contribution in [-0.2, 0) is 16.6 Å². The lowest BCUT2D eigenvalue weighted by Crippen LogP contribution is -2.40. The number of nitrogens with one attached hydrogen (secondary N) is 1. The zero-order chi connectivity index (χ0) is 20.0. The molecule has 0 saturated heterocycles. The Labute approximate surface area is 161 Å². The Morgan fingerprint density at radius 2 is 1.93 bits per heavy atom. The van der Waals surface area contributed by atoms with Crippen molar-refractivity contribution < 1.29 is 27.5 Å². The third-order valence-corrected chi connectivity index (χ3v) is 4.91. The van der Waals surface area contributed by atoms with E-state index in [1.807, 2.05) is 0 Å². The topological polar surface area (TPSA) is 62.2 Å². The van der Waals surface area contributed by atoms with E-state index in [9.17, 15) is 23.1 Å². The second-order valence-electron chi connectivity index (χ2n) is 6.06. The lowest BCUT2D eigenvalue weighted by Gasteiger charge is -2.32. The number of aliphatic hydroxyl groups is 1. The molecule has 1 heterocycles. The number of alkyl halides is 4. The Morgan fingerprint density at radius 1 is 1.30 bits per heavy atom. The number of amides is 1. The van der Waals surface area contributed by atoms with Gasteiger partial charge in [0.15, 0.2) is 0 Å². The predicted molar refractivity (Wildman–Crippen MR) is 91.3 cm³/mol. The molecule has 1 aromatic heterocycles. The summed E-state index contributed by atoms with van der Waals surface area (Å²) < 4.78 is 53.9. The molecule has 3 rings (SSSR count). The van der Waals surface area contributed by atoms with Crippen molar-refractivity contribution in [2.75, 3.05) is 5.32 Å². The smallest absolute Gasteiger partial charge is 0.387 e. The van der Waals surface area contributed by atoms with Gasteiger partial charge in [0.1, 0.15) is 0 Å². The van der Waals surface area contributed by atoms with Gasteiger partial charge < -0.3 is 10.4 Å². The largest absolute Gasteiger partial charge is 0.416 e. The Balaban J connectivity index is 1.96. The van der Waals surface area contributed by atoms with Crippen LogP contribution in [0.4, 0.5) is 23.2 Å². The van der Waals surface area contributed by atoms with Gasteiger partial charge in [0.2, 0.25) is 5.67 Å². The average Bonchev–Trinajstić information content (AvgIpc) is 2.60. The summed E-state index contributed by atoms with van der Waals surface area (Å²) in [6.45, 7) is 0. The molecule has 144 valence electrons. The monoisotopic (exact) mass is 422 g/mol. The van der Waals surface area contributed by atoms with Gasteiger partial charge in [-0.1, -0.05) is 29.3 Å². The van der Waals surface area contributed by atoms with Crippen LogP contribution in [0.5, 0.6) is 0 Å². The van der Waals surface area contributed by atoms with Crippen LogP contribution < -0.4 is 5.32 Å². The molecule has 0 fully saturated rings. The van der Waals surface area contributed by atoms with E-state index in [2.05, 4.69) is 10.3 Å². The van der Waals surface area contributed by atoms with Crippen LogP contribution in [0.1, 0.15) is 35.8 Å². The lowest BCUT2D eigenvalue weighted by molar-refractivity contribution is -0.137. The standard InChI is InChI=1S/C17H12Cl2F4N2O2/c18-10-6-8(17(21,22)23)7-11(19)14(10)25-15(27)16(20)4-3-12(26)13-9(16)2-1-5-24-13/h1-2,5-7,12,26H,3-4H2,(H,25,27)/t12-,16+/m0/s1. The number of halogens is 6. The summed E-state index contributed by atoms with van der Waals surface area (Å²) in [4.78, 5) is 16.5. The highest BCUT2D eigenvalue weighted by molar-refractivity contribution is 6.40. The molecule has 4 nitrogen and oxygen atoms in total. The van der Waals surface area contributed by atoms with Gasteiger partial charge in [0.05, 0.1) is 33.1 Å². The molecular weight excluding hydrogens is 411 g/mol. The van der Waals surface area contributed by atoms with Crippen molar-refractivity contribution in [3.05, 3.63) is 57.3 Å². The fourth-order valence-electron chi connectivity index (χ4n) is 2.93. The molecule has 1 aliphatic carbocycles. The molecule has 0 saturated carbocycles. The summed E-state index contributed by atoms with van der Waals surface area (Å²) in [5.74, 6) is -1.16. The minimum absolute atomic E-state index is 0.0333. The highest BCUT2D eigenvalue weighted by Gasteiger charge is 2.47. The number of carbonyl (C=O) groups excluding carboxylic acids is 1. The molecule has 0 bridgehead atoms. The molecular formula is C17H12Cl2F4N2O2. The third kappa shape index (κ3) is 3.61. The minimum Gasteiger partial charge on any atom is -0.387 e. The van der Waals surface area contributed by atoms with E-state index in [0.717, 1.165) is 0 Å². The van der Waals surface area contributed by atoms with Crippen LogP contribution in [0, 0.1) is 0 Å². The fraction of sp³-hybridized carbons (Fsp3) is 0.294. The number of aromatic nitrogens is 1. The second kappa shape index (κ2) is 6.92. The van der Waals surface area contributed by atoms with Gasteiger partial charge in [-0.15, -0.1) is 0 Å². The van der Waals surface area contributed by atoms with Gasteiger partial charge in [0, 0.05) is 11.8 Å². The molecule has 2 aromatic rings. The van der Waals surface area contributed by atoms with Gasteiger partial charge in [-0.3, -0.25) is 9.78 Å². The van der Waals surface area contributed by atoms with Gasteiger partial charge >= 0.3 is 6.18 Å². The normalized spacial score (nSPS) is 22.3. The van der Waals surface area contributed by atoms with Crippen LogP contribution in [0.2, 0.25) is 10.0 Å². The van der Waals surface area contributed by atoms with Crippen LogP contribution in [0.25, 0.3) is 0 Å². The molecule has 0 spiro atoms. The van der Waals surface area contributed by atoms with Gasteiger partial charge in [-0.25, -0.2) is 4.39 Å². The van der Waals surface area contributed by atoms with Crippen molar-refractivity contribution in [1.82, 2.24) is 4.98 Å². The van der Waals surface area contributed by atoms with E-state index in [0.29, 0.717) is 12.1 Å². The Bertz CT molecular complexity index is 884. The number of carbonyl (C=O) groups is 1. The summed E-state index contributed by atoms with van der Waals surface area (Å²) in [6.07, 6.45) is -4.73. The summed E-state index contributed by atoms with van der Waals surface area (Å²) in [5, 5.41) is 11.2. The van der Waals surface area contributed by atoms with E-state index in [4.69, 9.17) is 23.2 Å². The minimum atomic E-state index is -4.68. The zero-order valence-corrected chi connectivity index (χ0v) is 15.0. The molecule has 1 aromatic carbocycles. The Morgan fingerprint density at radius 3 is 2.52 bits per heavy atom. The fourth-order valence-corrected chi connectivity index (χ4v) is 3.51. The quantitative estimate of drug-likeness (QED) is 0.666. The van der Waals surface area contributed by atoms with Crippen LogP contribution >= 0.6 is 23.2 Å². The number of hydrogen-bond donors (Lipinski definition) is 2. The molecule has 27 heavy (non-hydrogen) atoms. The second-order valence-corrected chi connectivity index (χ2v) is 6.87. The highest BCUT2D eigenvalue weighted by atomic mass is 35.5. The van der Waals surface area contributed by atoms with Crippen molar-refractivity contribution in [3.8, 4) is 0 Å². The number of benzene rings is 1. The number of anilines is 1. The third-order valence-electron chi connectivity index (χ3n) is 4.31. The maximum absolute atomic E-state index is 15.5. The number of nitrogens with zero attached hydrogens (tertiary/aromatic N) is 1. The van der Waals surface area contributed by atoms with Crippen molar-refractivity contribution in [1.29, 1.82) is 0 Å². The summed E-state index contributed by atoms with van der Waals surface area (Å²) in [7, 11) is 0.